The van der Waals surface area contributed by atoms with Gasteiger partial charge in [0.15, 0.2) is 0 Å². The minimum Gasteiger partial charge on any atom is -0.507 e. The molecule has 0 bridgehead atoms. The first-order valence-electron chi connectivity index (χ1n) is 9.72. The summed E-state index contributed by atoms with van der Waals surface area (Å²) in [5.41, 5.74) is 0.364. The summed E-state index contributed by atoms with van der Waals surface area (Å²) in [5, 5.41) is 11.9. The number of aromatic hydroxyl groups is 1. The van der Waals surface area contributed by atoms with Crippen molar-refractivity contribution >= 4 is 16.7 Å². The number of hydrogen-bond donors (Lipinski definition) is 1. The van der Waals surface area contributed by atoms with Crippen LogP contribution in [0.5, 0.6) is 5.75 Å². The molecule has 0 radical (unpaired) electrons. The number of esters is 1. The minimum atomic E-state index is -0.553. The van der Waals surface area contributed by atoms with Gasteiger partial charge in [-0.25, -0.2) is 0 Å². The van der Waals surface area contributed by atoms with Gasteiger partial charge >= 0.3 is 5.97 Å². The number of carbonyl (C=O) groups is 1. The highest BCUT2D eigenvalue weighted by Gasteiger charge is 2.47. The molecule has 0 aliphatic carbocycles. The number of carbonyl (C=O) groups excluding carboxylic acids is 1. The molecule has 0 spiro atoms. The van der Waals surface area contributed by atoms with Gasteiger partial charge in [0.05, 0.1) is 12.0 Å². The van der Waals surface area contributed by atoms with E-state index in [4.69, 9.17) is 4.74 Å². The molecule has 0 heterocycles. The summed E-state index contributed by atoms with van der Waals surface area (Å²) in [4.78, 5) is 13.0. The molecule has 3 nitrogen and oxygen atoms in total. The zero-order valence-electron chi connectivity index (χ0n) is 17.8. The third-order valence-electron chi connectivity index (χ3n) is 5.58. The lowest BCUT2D eigenvalue weighted by molar-refractivity contribution is -0.164. The third kappa shape index (κ3) is 4.82. The molecule has 2 aromatic rings. The Morgan fingerprint density at radius 3 is 2.11 bits per heavy atom. The van der Waals surface area contributed by atoms with E-state index in [1.807, 2.05) is 37.3 Å². The standard InChI is InChI=1S/C24H34O3/c1-22(2,3)16-24(7,23(4,5)6)21(26)27-15-14-17-10-8-12-19-18(17)11-9-13-20(19)25/h8-13,25H,14-16H2,1-7H3. The lowest BCUT2D eigenvalue weighted by Gasteiger charge is -2.43. The minimum absolute atomic E-state index is 0.0359. The van der Waals surface area contributed by atoms with E-state index in [-0.39, 0.29) is 22.5 Å². The number of hydrogen-bond acceptors (Lipinski definition) is 3. The van der Waals surface area contributed by atoms with Gasteiger partial charge in [-0.2, -0.15) is 0 Å². The zero-order valence-corrected chi connectivity index (χ0v) is 17.8. The van der Waals surface area contributed by atoms with E-state index >= 15 is 0 Å². The van der Waals surface area contributed by atoms with Crippen LogP contribution in [0.1, 0.15) is 60.5 Å². The molecule has 0 amide bonds. The molecule has 0 fully saturated rings. The van der Waals surface area contributed by atoms with Crippen LogP contribution in [0.4, 0.5) is 0 Å². The molecule has 27 heavy (non-hydrogen) atoms. The van der Waals surface area contributed by atoms with E-state index in [1.54, 1.807) is 6.07 Å². The maximum absolute atomic E-state index is 13.0. The van der Waals surface area contributed by atoms with Crippen LogP contribution in [0, 0.1) is 16.2 Å². The molecule has 1 atom stereocenters. The Morgan fingerprint density at radius 1 is 0.926 bits per heavy atom. The number of benzene rings is 2. The van der Waals surface area contributed by atoms with Crippen molar-refractivity contribution in [3.63, 3.8) is 0 Å². The van der Waals surface area contributed by atoms with Crippen LogP contribution in [0.3, 0.4) is 0 Å². The fraction of sp³-hybridized carbons (Fsp3) is 0.542. The Bertz CT molecular complexity index is 808. The highest BCUT2D eigenvalue weighted by Crippen LogP contribution is 2.47. The second-order valence-electron chi connectivity index (χ2n) is 9.99. The molecule has 0 aliphatic rings. The molecule has 2 rings (SSSR count). The Morgan fingerprint density at radius 2 is 1.52 bits per heavy atom. The van der Waals surface area contributed by atoms with E-state index in [0.717, 1.165) is 22.8 Å². The van der Waals surface area contributed by atoms with E-state index in [0.29, 0.717) is 13.0 Å². The first kappa shape index (κ1) is 21.3. The zero-order chi connectivity index (χ0) is 20.5. The first-order chi connectivity index (χ1) is 12.3. The predicted octanol–water partition coefficient (Wildman–Crippen LogP) is 6.12. The Balaban J connectivity index is 2.14. The number of phenols is 1. The maximum Gasteiger partial charge on any atom is 0.312 e. The molecule has 3 heteroatoms. The molecule has 2 aromatic carbocycles. The van der Waals surface area contributed by atoms with Crippen LogP contribution in [-0.2, 0) is 16.0 Å². The molecule has 1 N–H and O–H groups in total. The van der Waals surface area contributed by atoms with Gasteiger partial charge < -0.3 is 9.84 Å². The van der Waals surface area contributed by atoms with Gasteiger partial charge in [-0.05, 0) is 41.2 Å². The second-order valence-corrected chi connectivity index (χ2v) is 9.99. The van der Waals surface area contributed by atoms with Gasteiger partial charge in [0, 0.05) is 11.8 Å². The average molecular weight is 371 g/mol. The van der Waals surface area contributed by atoms with Gasteiger partial charge in [-0.3, -0.25) is 4.79 Å². The molecule has 148 valence electrons. The largest absolute Gasteiger partial charge is 0.507 e. The van der Waals surface area contributed by atoms with Gasteiger partial charge in [-0.15, -0.1) is 0 Å². The van der Waals surface area contributed by atoms with Crippen molar-refractivity contribution < 1.29 is 14.6 Å². The van der Waals surface area contributed by atoms with E-state index < -0.39 is 5.41 Å². The van der Waals surface area contributed by atoms with Crippen LogP contribution >= 0.6 is 0 Å². The van der Waals surface area contributed by atoms with Crippen molar-refractivity contribution in [1.82, 2.24) is 0 Å². The molecule has 1 unspecified atom stereocenters. The van der Waals surface area contributed by atoms with Crippen molar-refractivity contribution in [3.05, 3.63) is 42.0 Å². The van der Waals surface area contributed by atoms with Crippen LogP contribution in [-0.4, -0.2) is 17.7 Å². The normalized spacial score (nSPS) is 14.8. The first-order valence-corrected chi connectivity index (χ1v) is 9.72. The average Bonchev–Trinajstić information content (AvgIpc) is 2.53. The molecule has 0 saturated heterocycles. The molecule has 0 aliphatic heterocycles. The Hall–Kier alpha value is -2.03. The number of ether oxygens (including phenoxy) is 1. The number of fused-ring (bicyclic) bond motifs is 1. The highest BCUT2D eigenvalue weighted by atomic mass is 16.5. The molecule has 0 saturated carbocycles. The van der Waals surface area contributed by atoms with Crippen LogP contribution in [0.2, 0.25) is 0 Å². The molecule has 0 aromatic heterocycles. The van der Waals surface area contributed by atoms with Gasteiger partial charge in [0.1, 0.15) is 5.75 Å². The summed E-state index contributed by atoms with van der Waals surface area (Å²) in [7, 11) is 0. The van der Waals surface area contributed by atoms with Crippen LogP contribution in [0.25, 0.3) is 10.8 Å². The van der Waals surface area contributed by atoms with Crippen molar-refractivity contribution in [2.45, 2.75) is 61.3 Å². The van der Waals surface area contributed by atoms with E-state index in [2.05, 4.69) is 41.5 Å². The van der Waals surface area contributed by atoms with Crippen molar-refractivity contribution in [2.75, 3.05) is 6.61 Å². The summed E-state index contributed by atoms with van der Waals surface area (Å²) in [5.74, 6) is 0.143. The fourth-order valence-electron chi connectivity index (χ4n) is 3.69. The number of rotatable bonds is 5. The van der Waals surface area contributed by atoms with Crippen molar-refractivity contribution in [2.24, 2.45) is 16.2 Å². The van der Waals surface area contributed by atoms with Gasteiger partial charge in [0.2, 0.25) is 0 Å². The third-order valence-corrected chi connectivity index (χ3v) is 5.58. The van der Waals surface area contributed by atoms with Crippen LogP contribution < -0.4 is 0 Å². The molecular weight excluding hydrogens is 336 g/mol. The Kier molecular flexibility index (Phi) is 5.94. The monoisotopic (exact) mass is 370 g/mol. The van der Waals surface area contributed by atoms with Crippen molar-refractivity contribution in [1.29, 1.82) is 0 Å². The van der Waals surface area contributed by atoms with Crippen molar-refractivity contribution in [3.8, 4) is 5.75 Å². The Labute approximate surface area is 163 Å². The maximum atomic E-state index is 13.0. The van der Waals surface area contributed by atoms with E-state index in [1.165, 1.54) is 0 Å². The topological polar surface area (TPSA) is 46.5 Å². The quantitative estimate of drug-likeness (QED) is 0.645. The fourth-order valence-corrected chi connectivity index (χ4v) is 3.69. The molecular formula is C24H34O3. The summed E-state index contributed by atoms with van der Waals surface area (Å²) >= 11 is 0. The predicted molar refractivity (Wildman–Crippen MR) is 112 cm³/mol. The smallest absolute Gasteiger partial charge is 0.312 e. The summed E-state index contributed by atoms with van der Waals surface area (Å²) in [6, 6.07) is 11.4. The second kappa shape index (κ2) is 7.53. The SMILES string of the molecule is CC(C)(C)CC(C)(C(=O)OCCc1cccc2c(O)cccc12)C(C)(C)C. The summed E-state index contributed by atoms with van der Waals surface area (Å²) < 4.78 is 5.76. The van der Waals surface area contributed by atoms with Crippen LogP contribution in [0.15, 0.2) is 36.4 Å². The van der Waals surface area contributed by atoms with Gasteiger partial charge in [-0.1, -0.05) is 71.9 Å². The lowest BCUT2D eigenvalue weighted by Crippen LogP contribution is -2.44. The summed E-state index contributed by atoms with van der Waals surface area (Å²) in [6.07, 6.45) is 1.40. The van der Waals surface area contributed by atoms with Gasteiger partial charge in [0.25, 0.3) is 0 Å². The number of phenolic OH excluding ortho intramolecular Hbond substituents is 1. The lowest BCUT2D eigenvalue weighted by atomic mass is 9.61. The summed E-state index contributed by atoms with van der Waals surface area (Å²) in [6.45, 7) is 15.2. The highest BCUT2D eigenvalue weighted by molar-refractivity contribution is 5.90. The van der Waals surface area contributed by atoms with E-state index in [9.17, 15) is 9.90 Å².